The number of thiophene rings is 1. The number of carbonyl (C=O) groups excluding carboxylic acids is 1. The van der Waals surface area contributed by atoms with Gasteiger partial charge in [-0.1, -0.05) is 24.3 Å². The normalized spacial score (nSPS) is 17.6. The molecule has 0 unspecified atom stereocenters. The molecule has 1 aromatic carbocycles. The summed E-state index contributed by atoms with van der Waals surface area (Å²) >= 11 is 1.65. The summed E-state index contributed by atoms with van der Waals surface area (Å²) in [7, 11) is 0. The van der Waals surface area contributed by atoms with E-state index in [1.165, 1.54) is 16.0 Å². The lowest BCUT2D eigenvalue weighted by molar-refractivity contribution is 0.0932. The van der Waals surface area contributed by atoms with Crippen LogP contribution in [-0.2, 0) is 6.42 Å². The minimum atomic E-state index is 0.0635. The fourth-order valence-corrected chi connectivity index (χ4v) is 3.74. The number of benzene rings is 1. The Morgan fingerprint density at radius 2 is 2.10 bits per heavy atom. The maximum atomic E-state index is 12.5. The molecular formula is C17H19NOS. The molecule has 0 spiro atoms. The van der Waals surface area contributed by atoms with Crippen molar-refractivity contribution in [1.82, 2.24) is 5.32 Å². The minimum absolute atomic E-state index is 0.0635. The maximum Gasteiger partial charge on any atom is 0.252 e. The van der Waals surface area contributed by atoms with Crippen LogP contribution in [0.3, 0.4) is 0 Å². The van der Waals surface area contributed by atoms with Crippen LogP contribution in [0.1, 0.15) is 50.8 Å². The molecule has 0 saturated carbocycles. The molecule has 0 radical (unpaired) electrons. The van der Waals surface area contributed by atoms with E-state index < -0.39 is 0 Å². The topological polar surface area (TPSA) is 29.1 Å². The number of nitrogens with one attached hydrogen (secondary N) is 1. The van der Waals surface area contributed by atoms with Gasteiger partial charge in [-0.3, -0.25) is 4.79 Å². The van der Waals surface area contributed by atoms with Gasteiger partial charge in [0.2, 0.25) is 0 Å². The van der Waals surface area contributed by atoms with Crippen molar-refractivity contribution in [2.45, 2.75) is 39.2 Å². The fourth-order valence-electron chi connectivity index (χ4n) is 2.88. The molecule has 1 heterocycles. The van der Waals surface area contributed by atoms with Gasteiger partial charge in [-0.25, -0.2) is 0 Å². The molecule has 1 amide bonds. The van der Waals surface area contributed by atoms with Gasteiger partial charge in [0.25, 0.3) is 5.91 Å². The number of hydrogen-bond donors (Lipinski definition) is 1. The Hall–Kier alpha value is -1.61. The molecule has 0 saturated heterocycles. The second-order valence-corrected chi connectivity index (χ2v) is 6.53. The lowest BCUT2D eigenvalue weighted by Gasteiger charge is -2.26. The first-order valence-corrected chi connectivity index (χ1v) is 7.98. The number of carbonyl (C=O) groups is 1. The van der Waals surface area contributed by atoms with Gasteiger partial charge in [0.05, 0.1) is 11.6 Å². The average molecular weight is 285 g/mol. The Kier molecular flexibility index (Phi) is 3.62. The number of rotatable bonds is 2. The highest BCUT2D eigenvalue weighted by Gasteiger charge is 2.23. The Morgan fingerprint density at radius 3 is 2.85 bits per heavy atom. The summed E-state index contributed by atoms with van der Waals surface area (Å²) in [6.07, 6.45) is 3.30. The van der Waals surface area contributed by atoms with Crippen molar-refractivity contribution < 1.29 is 4.79 Å². The molecule has 3 heteroatoms. The standard InChI is InChI=1S/C17H19NOS/c1-11-12(2)20-10-15(11)17(19)18-16-9-5-7-13-6-3-4-8-14(13)16/h3-4,6,8,10,16H,5,7,9H2,1-2H3,(H,18,19)/t16-/m0/s1. The molecule has 1 N–H and O–H groups in total. The summed E-state index contributed by atoms with van der Waals surface area (Å²) in [5.74, 6) is 0.0635. The first-order chi connectivity index (χ1) is 9.66. The van der Waals surface area contributed by atoms with E-state index in [9.17, 15) is 4.79 Å². The van der Waals surface area contributed by atoms with Gasteiger partial charge in [0.15, 0.2) is 0 Å². The fraction of sp³-hybridized carbons (Fsp3) is 0.353. The molecule has 1 aliphatic rings. The van der Waals surface area contributed by atoms with Crippen LogP contribution in [0, 0.1) is 13.8 Å². The van der Waals surface area contributed by atoms with Crippen LogP contribution in [0.25, 0.3) is 0 Å². The van der Waals surface area contributed by atoms with E-state index in [4.69, 9.17) is 0 Å². The molecule has 0 fully saturated rings. The number of aryl methyl sites for hydroxylation is 2. The Bertz CT molecular complexity index is 644. The predicted octanol–water partition coefficient (Wildman–Crippen LogP) is 4.17. The Balaban J connectivity index is 1.82. The van der Waals surface area contributed by atoms with Gasteiger partial charge in [-0.2, -0.15) is 0 Å². The molecule has 20 heavy (non-hydrogen) atoms. The third kappa shape index (κ3) is 2.38. The van der Waals surface area contributed by atoms with Crippen LogP contribution in [0.15, 0.2) is 29.6 Å². The van der Waals surface area contributed by atoms with E-state index in [1.54, 1.807) is 11.3 Å². The minimum Gasteiger partial charge on any atom is -0.345 e. The van der Waals surface area contributed by atoms with E-state index in [1.807, 2.05) is 12.3 Å². The molecule has 0 bridgehead atoms. The molecule has 1 aromatic heterocycles. The summed E-state index contributed by atoms with van der Waals surface area (Å²) in [4.78, 5) is 13.7. The Morgan fingerprint density at radius 1 is 1.30 bits per heavy atom. The zero-order valence-electron chi connectivity index (χ0n) is 11.9. The van der Waals surface area contributed by atoms with Crippen molar-refractivity contribution in [3.63, 3.8) is 0 Å². The SMILES string of the molecule is Cc1scc(C(=O)N[C@H]2CCCc3ccccc32)c1C. The lowest BCUT2D eigenvalue weighted by atomic mass is 9.87. The number of amides is 1. The molecule has 1 aliphatic carbocycles. The third-order valence-corrected chi connectivity index (χ3v) is 5.22. The van der Waals surface area contributed by atoms with E-state index in [2.05, 4.69) is 36.5 Å². The zero-order valence-corrected chi connectivity index (χ0v) is 12.7. The summed E-state index contributed by atoms with van der Waals surface area (Å²) < 4.78 is 0. The van der Waals surface area contributed by atoms with Crippen molar-refractivity contribution in [3.05, 3.63) is 56.8 Å². The molecule has 2 aromatic rings. The summed E-state index contributed by atoms with van der Waals surface area (Å²) in [6.45, 7) is 4.09. The Labute approximate surface area is 123 Å². The molecule has 104 valence electrons. The van der Waals surface area contributed by atoms with Crippen molar-refractivity contribution in [2.24, 2.45) is 0 Å². The number of hydrogen-bond acceptors (Lipinski definition) is 2. The zero-order chi connectivity index (χ0) is 14.1. The highest BCUT2D eigenvalue weighted by molar-refractivity contribution is 7.10. The molecule has 1 atom stereocenters. The van der Waals surface area contributed by atoms with Crippen LogP contribution in [0.2, 0.25) is 0 Å². The number of fused-ring (bicyclic) bond motifs is 1. The summed E-state index contributed by atoms with van der Waals surface area (Å²) in [5.41, 5.74) is 4.60. The first-order valence-electron chi connectivity index (χ1n) is 7.10. The second kappa shape index (κ2) is 5.41. The van der Waals surface area contributed by atoms with E-state index in [0.717, 1.165) is 30.4 Å². The van der Waals surface area contributed by atoms with Crippen LogP contribution in [-0.4, -0.2) is 5.91 Å². The van der Waals surface area contributed by atoms with Gasteiger partial charge in [0.1, 0.15) is 0 Å². The monoisotopic (exact) mass is 285 g/mol. The van der Waals surface area contributed by atoms with E-state index in [0.29, 0.717) is 0 Å². The van der Waals surface area contributed by atoms with Crippen LogP contribution in [0.5, 0.6) is 0 Å². The quantitative estimate of drug-likeness (QED) is 0.881. The van der Waals surface area contributed by atoms with Gasteiger partial charge in [0, 0.05) is 10.3 Å². The molecular weight excluding hydrogens is 266 g/mol. The summed E-state index contributed by atoms with van der Waals surface area (Å²) in [5, 5.41) is 5.18. The first kappa shape index (κ1) is 13.4. The lowest BCUT2D eigenvalue weighted by Crippen LogP contribution is -2.31. The molecule has 0 aliphatic heterocycles. The van der Waals surface area contributed by atoms with Crippen molar-refractivity contribution in [3.8, 4) is 0 Å². The highest BCUT2D eigenvalue weighted by atomic mass is 32.1. The smallest absolute Gasteiger partial charge is 0.252 e. The van der Waals surface area contributed by atoms with Gasteiger partial charge < -0.3 is 5.32 Å². The van der Waals surface area contributed by atoms with Crippen molar-refractivity contribution in [2.75, 3.05) is 0 Å². The maximum absolute atomic E-state index is 12.5. The van der Waals surface area contributed by atoms with Gasteiger partial charge in [-0.15, -0.1) is 11.3 Å². The van der Waals surface area contributed by atoms with E-state index in [-0.39, 0.29) is 11.9 Å². The predicted molar refractivity (Wildman–Crippen MR) is 83.4 cm³/mol. The van der Waals surface area contributed by atoms with Gasteiger partial charge >= 0.3 is 0 Å². The molecule has 2 nitrogen and oxygen atoms in total. The highest BCUT2D eigenvalue weighted by Crippen LogP contribution is 2.30. The van der Waals surface area contributed by atoms with Crippen LogP contribution < -0.4 is 5.32 Å². The van der Waals surface area contributed by atoms with Gasteiger partial charge in [-0.05, 0) is 49.8 Å². The molecule has 3 rings (SSSR count). The third-order valence-electron chi connectivity index (χ3n) is 4.21. The van der Waals surface area contributed by atoms with Crippen LogP contribution >= 0.6 is 11.3 Å². The second-order valence-electron chi connectivity index (χ2n) is 5.45. The van der Waals surface area contributed by atoms with Crippen molar-refractivity contribution in [1.29, 1.82) is 0 Å². The van der Waals surface area contributed by atoms with Crippen LogP contribution in [0.4, 0.5) is 0 Å². The average Bonchev–Trinajstić information content (AvgIpc) is 2.79. The van der Waals surface area contributed by atoms with E-state index >= 15 is 0 Å². The van der Waals surface area contributed by atoms with Crippen molar-refractivity contribution >= 4 is 17.2 Å². The summed E-state index contributed by atoms with van der Waals surface area (Å²) in [6, 6.07) is 8.62. The largest absolute Gasteiger partial charge is 0.345 e.